The predicted molar refractivity (Wildman–Crippen MR) is 227 cm³/mol. The van der Waals surface area contributed by atoms with E-state index in [-0.39, 0.29) is 31.3 Å². The summed E-state index contributed by atoms with van der Waals surface area (Å²) in [6.07, 6.45) is 4.67. The number of carboxylic acids is 1. The molecule has 17 nitrogen and oxygen atoms in total. The molecule has 1 rings (SSSR count). The number of hydrogen-bond acceptors (Lipinski definition) is 10. The van der Waals surface area contributed by atoms with Gasteiger partial charge in [0.2, 0.25) is 35.4 Å². The van der Waals surface area contributed by atoms with Gasteiger partial charge in [-0.2, -0.15) is 0 Å². The summed E-state index contributed by atoms with van der Waals surface area (Å²) in [6, 6.07) is -7.37. The lowest BCUT2D eigenvalue weighted by atomic mass is 9.98. The molecular weight excluding hydrogens is 761 g/mol. The molecule has 1 saturated heterocycles. The van der Waals surface area contributed by atoms with Crippen LogP contribution in [-0.2, 0) is 33.6 Å². The van der Waals surface area contributed by atoms with Crippen molar-refractivity contribution in [2.75, 3.05) is 26.7 Å². The fraction of sp³-hybridized carbons (Fsp3) is 0.833. The number of nitrogens with two attached hydrogens (primary N) is 1. The van der Waals surface area contributed by atoms with Crippen LogP contribution < -0.4 is 32.3 Å². The number of aliphatic hydroxyl groups excluding tert-OH is 1. The Bertz CT molecular complexity index is 1380. The first-order valence-electron chi connectivity index (χ1n) is 21.8. The van der Waals surface area contributed by atoms with Gasteiger partial charge >= 0.3 is 5.97 Å². The zero-order valence-electron chi connectivity index (χ0n) is 37.6. The van der Waals surface area contributed by atoms with Crippen LogP contribution in [-0.4, -0.2) is 137 Å². The number of carbonyl (C=O) groups is 7. The molecule has 0 spiro atoms. The van der Waals surface area contributed by atoms with Gasteiger partial charge in [0.15, 0.2) is 0 Å². The first-order valence-corrected chi connectivity index (χ1v) is 21.8. The first-order chi connectivity index (χ1) is 27.6. The zero-order chi connectivity index (χ0) is 45.1. The van der Waals surface area contributed by atoms with Gasteiger partial charge in [-0.25, -0.2) is 4.79 Å². The van der Waals surface area contributed by atoms with E-state index in [1.54, 1.807) is 34.6 Å². The minimum Gasteiger partial charge on any atom is -0.480 e. The third-order valence-electron chi connectivity index (χ3n) is 11.2. The molecule has 0 aromatic rings. The van der Waals surface area contributed by atoms with Crippen molar-refractivity contribution in [3.05, 3.63) is 0 Å². The highest BCUT2D eigenvalue weighted by atomic mass is 16.4. The molecule has 1 aliphatic heterocycles. The Morgan fingerprint density at radius 3 is 1.78 bits per heavy atom. The minimum absolute atomic E-state index is 0.0898. The van der Waals surface area contributed by atoms with Crippen molar-refractivity contribution in [2.24, 2.45) is 29.4 Å². The third kappa shape index (κ3) is 16.6. The molecule has 0 aromatic carbocycles. The molecule has 0 saturated carbocycles. The van der Waals surface area contributed by atoms with Gasteiger partial charge in [0.05, 0.1) is 12.1 Å². The molecule has 17 heteroatoms. The summed E-state index contributed by atoms with van der Waals surface area (Å²) < 4.78 is 0. The predicted octanol–water partition coefficient (Wildman–Crippen LogP) is 1.50. The van der Waals surface area contributed by atoms with Gasteiger partial charge in [-0.15, -0.1) is 0 Å². The number of amides is 6. The summed E-state index contributed by atoms with van der Waals surface area (Å²) in [5.41, 5.74) is 5.70. The number of nitrogens with one attached hydrogen (secondary N) is 5. The third-order valence-corrected chi connectivity index (χ3v) is 11.2. The van der Waals surface area contributed by atoms with Gasteiger partial charge in [-0.1, -0.05) is 88.0 Å². The summed E-state index contributed by atoms with van der Waals surface area (Å²) >= 11 is 0. The van der Waals surface area contributed by atoms with E-state index in [9.17, 15) is 43.8 Å². The Hall–Kier alpha value is -3.83. The minimum atomic E-state index is -1.36. The van der Waals surface area contributed by atoms with Crippen LogP contribution in [0.1, 0.15) is 127 Å². The van der Waals surface area contributed by atoms with Gasteiger partial charge in [0.1, 0.15) is 36.3 Å². The highest BCUT2D eigenvalue weighted by Crippen LogP contribution is 2.22. The standard InChI is InChI=1S/C42H78N8O9/c1-12-14-15-16-22-49(11)35(26(7)8)40(56)48-34(28(10)51)39(55)45-31(24(3)4)38(54)46-32(25(5)6)41(57)50-23-18-20-30(50)37(53)44-29(19-17-21-43)36(52)47-33(42(58)59)27(9)13-2/h24-35,51H,12-23,43H2,1-11H3,(H,44,53)(H,45,55)(H,46,54)(H,47,52)(H,48,56)(H,58,59)/t27-,28+,29-,30+,31-,32+,33+,34-,35+/m0/s1. The number of rotatable bonds is 27. The molecule has 6 amide bonds. The van der Waals surface area contributed by atoms with Crippen molar-refractivity contribution in [2.45, 2.75) is 175 Å². The molecule has 0 radical (unpaired) electrons. The van der Waals surface area contributed by atoms with Crippen molar-refractivity contribution in [3.8, 4) is 0 Å². The van der Waals surface area contributed by atoms with Crippen molar-refractivity contribution < 1.29 is 43.8 Å². The summed E-state index contributed by atoms with van der Waals surface area (Å²) in [7, 11) is 1.86. The average Bonchev–Trinajstić information content (AvgIpc) is 3.66. The Balaban J connectivity index is 3.20. The summed E-state index contributed by atoms with van der Waals surface area (Å²) in [6.45, 7) is 18.9. The van der Waals surface area contributed by atoms with Gasteiger partial charge in [-0.3, -0.25) is 33.7 Å². The number of aliphatic carboxylic acids is 1. The molecule has 0 bridgehead atoms. The van der Waals surface area contributed by atoms with Gasteiger partial charge in [0, 0.05) is 6.54 Å². The van der Waals surface area contributed by atoms with Crippen LogP contribution in [0.25, 0.3) is 0 Å². The Kier molecular flexibility index (Phi) is 23.8. The van der Waals surface area contributed by atoms with E-state index in [1.807, 2.05) is 32.7 Å². The number of likely N-dealkylation sites (N-methyl/N-ethyl adjacent to an activating group) is 1. The molecule has 9 N–H and O–H groups in total. The lowest BCUT2D eigenvalue weighted by molar-refractivity contribution is -0.145. The normalized spacial score (nSPS) is 18.4. The number of aliphatic hydroxyl groups is 1. The van der Waals surface area contributed by atoms with E-state index in [2.05, 4.69) is 33.5 Å². The zero-order valence-corrected chi connectivity index (χ0v) is 37.6. The van der Waals surface area contributed by atoms with Crippen molar-refractivity contribution in [1.82, 2.24) is 36.4 Å². The maximum absolute atomic E-state index is 14.2. The first kappa shape index (κ1) is 53.2. The van der Waals surface area contributed by atoms with E-state index in [0.717, 1.165) is 25.7 Å². The number of carbonyl (C=O) groups excluding carboxylic acids is 6. The van der Waals surface area contributed by atoms with E-state index in [1.165, 1.54) is 11.8 Å². The Morgan fingerprint density at radius 1 is 0.712 bits per heavy atom. The summed E-state index contributed by atoms with van der Waals surface area (Å²) in [5.74, 6) is -6.14. The molecule has 0 aliphatic carbocycles. The molecule has 59 heavy (non-hydrogen) atoms. The van der Waals surface area contributed by atoms with E-state index in [4.69, 9.17) is 5.73 Å². The summed E-state index contributed by atoms with van der Waals surface area (Å²) in [4.78, 5) is 97.7. The number of likely N-dealkylation sites (tertiary alicyclic amines) is 1. The van der Waals surface area contributed by atoms with Crippen molar-refractivity contribution >= 4 is 41.4 Å². The Labute approximate surface area is 352 Å². The SMILES string of the molecule is CCCCCCN(C)[C@@H](C(=O)N[C@H](C(=O)N[C@H](C(=O)N[C@@H](C(=O)N1CCC[C@@H]1C(=O)N[C@@H](CCCN)C(=O)N[C@@H](C(=O)O)[C@@H](C)CC)C(C)C)C(C)C)[C@@H](C)O)C(C)C. The van der Waals surface area contributed by atoms with Crippen LogP contribution in [0.4, 0.5) is 0 Å². The fourth-order valence-corrected chi connectivity index (χ4v) is 7.39. The molecule has 340 valence electrons. The number of nitrogens with zero attached hydrogens (tertiary/aromatic N) is 2. The van der Waals surface area contributed by atoms with Crippen molar-refractivity contribution in [3.63, 3.8) is 0 Å². The highest BCUT2D eigenvalue weighted by molar-refractivity contribution is 5.97. The quantitative estimate of drug-likeness (QED) is 0.0551. The largest absolute Gasteiger partial charge is 0.480 e. The van der Waals surface area contributed by atoms with Crippen LogP contribution in [0.2, 0.25) is 0 Å². The van der Waals surface area contributed by atoms with E-state index in [0.29, 0.717) is 32.2 Å². The molecule has 0 aromatic heterocycles. The van der Waals surface area contributed by atoms with Crippen LogP contribution in [0, 0.1) is 23.7 Å². The average molecular weight is 839 g/mol. The summed E-state index contributed by atoms with van der Waals surface area (Å²) in [5, 5.41) is 33.9. The molecular formula is C42H78N8O9. The monoisotopic (exact) mass is 839 g/mol. The van der Waals surface area contributed by atoms with E-state index < -0.39 is 102 Å². The molecule has 1 heterocycles. The highest BCUT2D eigenvalue weighted by Gasteiger charge is 2.42. The molecule has 1 fully saturated rings. The fourth-order valence-electron chi connectivity index (χ4n) is 7.39. The van der Waals surface area contributed by atoms with Crippen LogP contribution >= 0.6 is 0 Å². The molecule has 1 aliphatic rings. The second-order valence-corrected chi connectivity index (χ2v) is 17.3. The lowest BCUT2D eigenvalue weighted by Gasteiger charge is -2.34. The smallest absolute Gasteiger partial charge is 0.326 e. The van der Waals surface area contributed by atoms with E-state index >= 15 is 0 Å². The molecule has 9 atom stereocenters. The van der Waals surface area contributed by atoms with Crippen LogP contribution in [0.15, 0.2) is 0 Å². The van der Waals surface area contributed by atoms with Gasteiger partial charge < -0.3 is 47.4 Å². The second kappa shape index (κ2) is 26.4. The maximum atomic E-state index is 14.2. The van der Waals surface area contributed by atoms with Crippen LogP contribution in [0.5, 0.6) is 0 Å². The van der Waals surface area contributed by atoms with Crippen LogP contribution in [0.3, 0.4) is 0 Å². The molecule has 0 unspecified atom stereocenters. The lowest BCUT2D eigenvalue weighted by Crippen LogP contribution is -2.62. The maximum Gasteiger partial charge on any atom is 0.326 e. The van der Waals surface area contributed by atoms with Gasteiger partial charge in [-0.05, 0) is 82.8 Å². The number of unbranched alkanes of at least 4 members (excludes halogenated alkanes) is 3. The van der Waals surface area contributed by atoms with Crippen molar-refractivity contribution in [1.29, 1.82) is 0 Å². The topological polar surface area (TPSA) is 253 Å². The number of carboxylic acid groups (broad SMARTS) is 1. The number of hydrogen-bond donors (Lipinski definition) is 8. The van der Waals surface area contributed by atoms with Gasteiger partial charge in [0.25, 0.3) is 0 Å². The second-order valence-electron chi connectivity index (χ2n) is 17.3. The Morgan fingerprint density at radius 2 is 1.27 bits per heavy atom.